The third kappa shape index (κ3) is 5.34. The molecule has 1 aromatic carbocycles. The number of nitriles is 1. The predicted octanol–water partition coefficient (Wildman–Crippen LogP) is 2.71. The second-order valence-electron chi connectivity index (χ2n) is 7.67. The Kier molecular flexibility index (Phi) is 6.85. The van der Waals surface area contributed by atoms with Crippen molar-refractivity contribution in [2.45, 2.75) is 26.1 Å². The molecule has 1 aliphatic rings. The molecular weight excluding hydrogens is 432 g/mol. The van der Waals surface area contributed by atoms with Crippen molar-refractivity contribution < 1.29 is 14.1 Å². The number of carbonyl (C=O) groups excluding carboxylic acids is 1. The molecule has 1 saturated heterocycles. The van der Waals surface area contributed by atoms with Crippen molar-refractivity contribution in [3.63, 3.8) is 0 Å². The van der Waals surface area contributed by atoms with Crippen molar-refractivity contribution in [3.8, 4) is 17.3 Å². The summed E-state index contributed by atoms with van der Waals surface area (Å²) in [6.07, 6.45) is 1.83. The highest BCUT2D eigenvalue weighted by atomic mass is 35.5. The van der Waals surface area contributed by atoms with Gasteiger partial charge < -0.3 is 14.6 Å². The summed E-state index contributed by atoms with van der Waals surface area (Å²) >= 11 is 6.12. The second-order valence-corrected chi connectivity index (χ2v) is 8.08. The van der Waals surface area contributed by atoms with Crippen LogP contribution in [0.5, 0.6) is 0 Å². The fraction of sp³-hybridized carbons (Fsp3) is 0.364. The molecule has 0 bridgehead atoms. The van der Waals surface area contributed by atoms with Gasteiger partial charge in [0.25, 0.3) is 5.91 Å². The van der Waals surface area contributed by atoms with Crippen molar-refractivity contribution >= 4 is 17.5 Å². The van der Waals surface area contributed by atoms with Gasteiger partial charge in [0.2, 0.25) is 0 Å². The van der Waals surface area contributed by atoms with E-state index in [1.54, 1.807) is 28.9 Å². The van der Waals surface area contributed by atoms with Crippen molar-refractivity contribution in [3.05, 3.63) is 58.6 Å². The van der Waals surface area contributed by atoms with Crippen LogP contribution in [0.1, 0.15) is 28.7 Å². The predicted molar refractivity (Wildman–Crippen MR) is 117 cm³/mol. The monoisotopic (exact) mass is 454 g/mol. The Labute approximate surface area is 190 Å². The molecule has 32 heavy (non-hydrogen) atoms. The lowest BCUT2D eigenvalue weighted by Crippen LogP contribution is -2.36. The number of ether oxygens (including phenoxy) is 1. The van der Waals surface area contributed by atoms with Crippen LogP contribution in [-0.2, 0) is 17.8 Å². The lowest BCUT2D eigenvalue weighted by molar-refractivity contribution is 0.0305. The van der Waals surface area contributed by atoms with Crippen molar-refractivity contribution in [2.75, 3.05) is 26.3 Å². The number of nitrogens with zero attached hydrogens (tertiary/aromatic N) is 5. The number of rotatable bonds is 7. The van der Waals surface area contributed by atoms with Crippen LogP contribution in [-0.4, -0.2) is 58.1 Å². The summed E-state index contributed by atoms with van der Waals surface area (Å²) in [7, 11) is 0. The van der Waals surface area contributed by atoms with Crippen LogP contribution in [0, 0.1) is 11.3 Å². The van der Waals surface area contributed by atoms with Crippen LogP contribution in [0.3, 0.4) is 0 Å². The molecule has 2 aromatic heterocycles. The first-order valence-electron chi connectivity index (χ1n) is 10.3. The van der Waals surface area contributed by atoms with Crippen LogP contribution < -0.4 is 5.32 Å². The molecule has 10 heteroatoms. The highest BCUT2D eigenvalue weighted by Gasteiger charge is 2.18. The Morgan fingerprint density at radius 2 is 2.12 bits per heavy atom. The molecule has 1 aliphatic heterocycles. The van der Waals surface area contributed by atoms with E-state index in [9.17, 15) is 4.79 Å². The zero-order valence-corrected chi connectivity index (χ0v) is 18.4. The Morgan fingerprint density at radius 1 is 1.31 bits per heavy atom. The number of morpholine rings is 1. The van der Waals surface area contributed by atoms with Gasteiger partial charge in [-0.05, 0) is 25.1 Å². The average molecular weight is 455 g/mol. The Hall–Kier alpha value is -3.19. The summed E-state index contributed by atoms with van der Waals surface area (Å²) in [5.74, 6) is 0.364. The lowest BCUT2D eigenvalue weighted by Gasteiger charge is -2.25. The Balaban J connectivity index is 1.32. The normalized spacial score (nSPS) is 15.3. The van der Waals surface area contributed by atoms with Gasteiger partial charge in [0.1, 0.15) is 6.07 Å². The molecule has 3 aromatic rings. The molecule has 1 amide bonds. The molecule has 9 nitrogen and oxygen atoms in total. The van der Waals surface area contributed by atoms with Gasteiger partial charge >= 0.3 is 0 Å². The van der Waals surface area contributed by atoms with E-state index in [0.29, 0.717) is 42.6 Å². The quantitative estimate of drug-likeness (QED) is 0.584. The molecule has 4 rings (SSSR count). The number of carbonyl (C=O) groups is 1. The number of benzene rings is 1. The van der Waals surface area contributed by atoms with E-state index in [4.69, 9.17) is 26.1 Å². The van der Waals surface area contributed by atoms with Gasteiger partial charge in [-0.15, -0.1) is 0 Å². The first kappa shape index (κ1) is 22.0. The fourth-order valence-corrected chi connectivity index (χ4v) is 3.70. The third-order valence-electron chi connectivity index (χ3n) is 5.14. The van der Waals surface area contributed by atoms with Crippen molar-refractivity contribution in [1.82, 2.24) is 25.2 Å². The summed E-state index contributed by atoms with van der Waals surface area (Å²) in [6, 6.07) is 10.6. The molecule has 0 saturated carbocycles. The average Bonchev–Trinajstić information content (AvgIpc) is 3.44. The molecule has 166 valence electrons. The van der Waals surface area contributed by atoms with Gasteiger partial charge in [-0.1, -0.05) is 22.8 Å². The summed E-state index contributed by atoms with van der Waals surface area (Å²) in [6.45, 7) is 6.05. The summed E-state index contributed by atoms with van der Waals surface area (Å²) < 4.78 is 12.4. The minimum Gasteiger partial charge on any atom is -0.379 e. The summed E-state index contributed by atoms with van der Waals surface area (Å²) in [5.41, 5.74) is 2.24. The standard InChI is InChI=1S/C22H23ClN6O3/c1-15(13-29-5-4-20(26-29)16-2-3-17(12-24)19(23)10-16)25-22(30)21-11-18(32-27-21)14-28-6-8-31-9-7-28/h2-5,10-11,15H,6-9,13-14H2,1H3,(H,25,30). The Morgan fingerprint density at radius 3 is 2.88 bits per heavy atom. The van der Waals surface area contributed by atoms with E-state index in [1.165, 1.54) is 0 Å². The van der Waals surface area contributed by atoms with E-state index in [-0.39, 0.29) is 17.6 Å². The third-order valence-corrected chi connectivity index (χ3v) is 5.45. The smallest absolute Gasteiger partial charge is 0.273 e. The van der Waals surface area contributed by atoms with Gasteiger partial charge in [-0.2, -0.15) is 10.4 Å². The zero-order valence-electron chi connectivity index (χ0n) is 17.6. The second kappa shape index (κ2) is 9.96. The highest BCUT2D eigenvalue weighted by molar-refractivity contribution is 6.32. The maximum Gasteiger partial charge on any atom is 0.273 e. The van der Waals surface area contributed by atoms with E-state index < -0.39 is 0 Å². The molecule has 3 heterocycles. The van der Waals surface area contributed by atoms with E-state index >= 15 is 0 Å². The maximum absolute atomic E-state index is 12.5. The van der Waals surface area contributed by atoms with Crippen LogP contribution in [0.4, 0.5) is 0 Å². The first-order chi connectivity index (χ1) is 15.5. The number of hydrogen-bond acceptors (Lipinski definition) is 7. The summed E-state index contributed by atoms with van der Waals surface area (Å²) in [5, 5.41) is 20.8. The minimum absolute atomic E-state index is 0.181. The lowest BCUT2D eigenvalue weighted by atomic mass is 10.1. The molecule has 0 aliphatic carbocycles. The van der Waals surface area contributed by atoms with Crippen LogP contribution in [0.25, 0.3) is 11.3 Å². The topological polar surface area (TPSA) is 109 Å². The molecule has 1 atom stereocenters. The molecular formula is C22H23ClN6O3. The molecule has 1 unspecified atom stereocenters. The SMILES string of the molecule is CC(Cn1ccc(-c2ccc(C#N)c(Cl)c2)n1)NC(=O)c1cc(CN2CCOCC2)on1. The Bertz CT molecular complexity index is 1130. The maximum atomic E-state index is 12.5. The molecule has 1 N–H and O–H groups in total. The van der Waals surface area contributed by atoms with Crippen LogP contribution in [0.2, 0.25) is 5.02 Å². The molecule has 0 radical (unpaired) electrons. The van der Waals surface area contributed by atoms with Crippen molar-refractivity contribution in [2.24, 2.45) is 0 Å². The largest absolute Gasteiger partial charge is 0.379 e. The molecule has 1 fully saturated rings. The van der Waals surface area contributed by atoms with Gasteiger partial charge in [0, 0.05) is 37.0 Å². The fourth-order valence-electron chi connectivity index (χ4n) is 3.48. The van der Waals surface area contributed by atoms with Gasteiger partial charge in [-0.25, -0.2) is 0 Å². The van der Waals surface area contributed by atoms with Crippen LogP contribution in [0.15, 0.2) is 41.1 Å². The number of amides is 1. The van der Waals surface area contributed by atoms with Crippen molar-refractivity contribution in [1.29, 1.82) is 5.26 Å². The first-order valence-corrected chi connectivity index (χ1v) is 10.7. The van der Waals surface area contributed by atoms with E-state index in [0.717, 1.165) is 24.3 Å². The number of halogens is 1. The number of aromatic nitrogens is 3. The van der Waals surface area contributed by atoms with E-state index in [1.807, 2.05) is 25.3 Å². The van der Waals surface area contributed by atoms with E-state index in [2.05, 4.69) is 20.5 Å². The molecule has 0 spiro atoms. The highest BCUT2D eigenvalue weighted by Crippen LogP contribution is 2.24. The minimum atomic E-state index is -0.291. The van der Waals surface area contributed by atoms with Crippen LogP contribution >= 0.6 is 11.6 Å². The number of hydrogen-bond donors (Lipinski definition) is 1. The van der Waals surface area contributed by atoms with Gasteiger partial charge in [0.15, 0.2) is 11.5 Å². The summed E-state index contributed by atoms with van der Waals surface area (Å²) in [4.78, 5) is 14.7. The zero-order chi connectivity index (χ0) is 22.5. The van der Waals surface area contributed by atoms with Gasteiger partial charge in [-0.3, -0.25) is 14.4 Å². The van der Waals surface area contributed by atoms with Gasteiger partial charge in [0.05, 0.1) is 42.6 Å². The number of nitrogens with one attached hydrogen (secondary N) is 1.